The molecular weight excluding hydrogens is 360 g/mol. The number of rotatable bonds is 10. The lowest BCUT2D eigenvalue weighted by Gasteiger charge is -2.05. The summed E-state index contributed by atoms with van der Waals surface area (Å²) in [5.74, 6) is -0.202. The number of hydrogen-bond acceptors (Lipinski definition) is 4. The molecule has 0 radical (unpaired) electrons. The molecule has 0 aliphatic rings. The zero-order valence-corrected chi connectivity index (χ0v) is 16.8. The number of aryl methyl sites for hydroxylation is 1. The van der Waals surface area contributed by atoms with Gasteiger partial charge in [-0.25, -0.2) is 9.78 Å². The third-order valence-electron chi connectivity index (χ3n) is 4.08. The monoisotopic (exact) mass is 388 g/mol. The molecule has 0 fully saturated rings. The Kier molecular flexibility index (Phi) is 8.77. The molecule has 0 saturated heterocycles. The van der Waals surface area contributed by atoms with Gasteiger partial charge < -0.3 is 10.6 Å². The molecule has 1 heterocycles. The molecule has 0 atom stereocenters. The van der Waals surface area contributed by atoms with E-state index < -0.39 is 0 Å². The van der Waals surface area contributed by atoms with Crippen molar-refractivity contribution >= 4 is 34.1 Å². The summed E-state index contributed by atoms with van der Waals surface area (Å²) in [7, 11) is 0. The van der Waals surface area contributed by atoms with E-state index in [-0.39, 0.29) is 11.9 Å². The second-order valence-electron chi connectivity index (χ2n) is 6.51. The SMILES string of the molecule is CCCCCCCCNC(=O)c1csc(NC(=O)Nc2ccc(C)cc2)n1. The molecule has 0 aliphatic carbocycles. The minimum absolute atomic E-state index is 0.202. The molecule has 6 nitrogen and oxygen atoms in total. The van der Waals surface area contributed by atoms with Gasteiger partial charge in [0.15, 0.2) is 5.13 Å². The Morgan fingerprint density at radius 3 is 2.44 bits per heavy atom. The van der Waals surface area contributed by atoms with Crippen molar-refractivity contribution in [3.8, 4) is 0 Å². The van der Waals surface area contributed by atoms with E-state index in [9.17, 15) is 9.59 Å². The zero-order chi connectivity index (χ0) is 19.5. The third kappa shape index (κ3) is 7.78. The van der Waals surface area contributed by atoms with E-state index in [4.69, 9.17) is 0 Å². The van der Waals surface area contributed by atoms with Crippen molar-refractivity contribution in [2.75, 3.05) is 17.2 Å². The molecule has 0 spiro atoms. The minimum Gasteiger partial charge on any atom is -0.351 e. The fourth-order valence-corrected chi connectivity index (χ4v) is 3.22. The fourth-order valence-electron chi connectivity index (χ4n) is 2.53. The maximum atomic E-state index is 12.1. The van der Waals surface area contributed by atoms with Crippen molar-refractivity contribution in [1.29, 1.82) is 0 Å². The second kappa shape index (κ2) is 11.3. The number of nitrogens with one attached hydrogen (secondary N) is 3. The van der Waals surface area contributed by atoms with Crippen molar-refractivity contribution in [3.05, 3.63) is 40.9 Å². The highest BCUT2D eigenvalue weighted by Crippen LogP contribution is 2.16. The quantitative estimate of drug-likeness (QED) is 0.490. The van der Waals surface area contributed by atoms with Crippen molar-refractivity contribution in [3.63, 3.8) is 0 Å². The van der Waals surface area contributed by atoms with Crippen LogP contribution in [-0.2, 0) is 0 Å². The van der Waals surface area contributed by atoms with Gasteiger partial charge in [0.2, 0.25) is 0 Å². The average Bonchev–Trinajstić information content (AvgIpc) is 3.11. The van der Waals surface area contributed by atoms with Crippen molar-refractivity contribution in [1.82, 2.24) is 10.3 Å². The van der Waals surface area contributed by atoms with E-state index in [1.165, 1.54) is 37.0 Å². The van der Waals surface area contributed by atoms with Gasteiger partial charge in [-0.1, -0.05) is 56.7 Å². The van der Waals surface area contributed by atoms with Gasteiger partial charge in [-0.2, -0.15) is 0 Å². The maximum Gasteiger partial charge on any atom is 0.325 e. The summed E-state index contributed by atoms with van der Waals surface area (Å²) in [6.07, 6.45) is 7.09. The molecule has 2 rings (SSSR count). The molecule has 1 aromatic heterocycles. The second-order valence-corrected chi connectivity index (χ2v) is 7.36. The molecule has 0 unspecified atom stereocenters. The number of hydrogen-bond donors (Lipinski definition) is 3. The Morgan fingerprint density at radius 2 is 1.70 bits per heavy atom. The molecule has 27 heavy (non-hydrogen) atoms. The molecule has 3 N–H and O–H groups in total. The molecule has 2 aromatic rings. The van der Waals surface area contributed by atoms with Gasteiger partial charge in [-0.15, -0.1) is 11.3 Å². The number of benzene rings is 1. The fraction of sp³-hybridized carbons (Fsp3) is 0.450. The highest BCUT2D eigenvalue weighted by molar-refractivity contribution is 7.14. The lowest BCUT2D eigenvalue weighted by molar-refractivity contribution is 0.0948. The van der Waals surface area contributed by atoms with E-state index >= 15 is 0 Å². The van der Waals surface area contributed by atoms with Gasteiger partial charge in [0.1, 0.15) is 5.69 Å². The lowest BCUT2D eigenvalue weighted by atomic mass is 10.1. The standard InChI is InChI=1S/C20H28N4O2S/c1-3-4-5-6-7-8-13-21-18(25)17-14-27-20(23-17)24-19(26)22-16-11-9-15(2)10-12-16/h9-12,14H,3-8,13H2,1-2H3,(H,21,25)(H2,22,23,24,26). The van der Waals surface area contributed by atoms with Crippen LogP contribution in [0.3, 0.4) is 0 Å². The number of unbranched alkanes of at least 4 members (excludes halogenated alkanes) is 5. The number of urea groups is 1. The van der Waals surface area contributed by atoms with E-state index in [1.807, 2.05) is 31.2 Å². The number of carbonyl (C=O) groups excluding carboxylic acids is 2. The normalized spacial score (nSPS) is 10.4. The summed E-state index contributed by atoms with van der Waals surface area (Å²) in [5.41, 5.74) is 2.15. The van der Waals surface area contributed by atoms with Crippen molar-refractivity contribution in [2.24, 2.45) is 0 Å². The molecule has 146 valence electrons. The molecular formula is C20H28N4O2S. The first-order valence-electron chi connectivity index (χ1n) is 9.47. The average molecular weight is 389 g/mol. The third-order valence-corrected chi connectivity index (χ3v) is 4.84. The first-order valence-corrected chi connectivity index (χ1v) is 10.3. The van der Waals surface area contributed by atoms with Crippen LogP contribution in [0.25, 0.3) is 0 Å². The number of amides is 3. The van der Waals surface area contributed by atoms with E-state index in [0.717, 1.165) is 18.4 Å². The summed E-state index contributed by atoms with van der Waals surface area (Å²) in [6.45, 7) is 4.83. The topological polar surface area (TPSA) is 83.1 Å². The Bertz CT molecular complexity index is 728. The molecule has 0 saturated carbocycles. The minimum atomic E-state index is -0.382. The molecule has 0 aliphatic heterocycles. The Morgan fingerprint density at radius 1 is 1.00 bits per heavy atom. The van der Waals surface area contributed by atoms with Crippen LogP contribution in [0.1, 0.15) is 61.5 Å². The zero-order valence-electron chi connectivity index (χ0n) is 16.0. The number of thiazole rings is 1. The molecule has 3 amide bonds. The van der Waals surface area contributed by atoms with E-state index in [0.29, 0.717) is 23.1 Å². The lowest BCUT2D eigenvalue weighted by Crippen LogP contribution is -2.25. The van der Waals surface area contributed by atoms with Gasteiger partial charge >= 0.3 is 6.03 Å². The first kappa shape index (κ1) is 20.9. The van der Waals surface area contributed by atoms with Crippen LogP contribution in [0.5, 0.6) is 0 Å². The van der Waals surface area contributed by atoms with Gasteiger partial charge in [0.05, 0.1) is 0 Å². The summed E-state index contributed by atoms with van der Waals surface area (Å²) in [4.78, 5) is 28.3. The Labute approximate surface area is 164 Å². The van der Waals surface area contributed by atoms with Gasteiger partial charge in [0.25, 0.3) is 5.91 Å². The van der Waals surface area contributed by atoms with Crippen LogP contribution in [-0.4, -0.2) is 23.5 Å². The molecule has 0 bridgehead atoms. The smallest absolute Gasteiger partial charge is 0.325 e. The largest absolute Gasteiger partial charge is 0.351 e. The number of aromatic nitrogens is 1. The van der Waals surface area contributed by atoms with Crippen LogP contribution in [0.2, 0.25) is 0 Å². The highest BCUT2D eigenvalue weighted by atomic mass is 32.1. The Balaban J connectivity index is 1.70. The predicted octanol–water partition coefficient (Wildman–Crippen LogP) is 5.19. The van der Waals surface area contributed by atoms with Gasteiger partial charge in [0, 0.05) is 17.6 Å². The predicted molar refractivity (Wildman–Crippen MR) is 112 cm³/mol. The van der Waals surface area contributed by atoms with Crippen LogP contribution in [0.15, 0.2) is 29.6 Å². The van der Waals surface area contributed by atoms with Crippen LogP contribution < -0.4 is 16.0 Å². The Hall–Kier alpha value is -2.41. The number of anilines is 2. The summed E-state index contributed by atoms with van der Waals surface area (Å²) >= 11 is 1.23. The van der Waals surface area contributed by atoms with Crippen LogP contribution in [0.4, 0.5) is 15.6 Å². The van der Waals surface area contributed by atoms with Crippen molar-refractivity contribution < 1.29 is 9.59 Å². The van der Waals surface area contributed by atoms with Gasteiger partial charge in [-0.05, 0) is 25.5 Å². The molecule has 7 heteroatoms. The van der Waals surface area contributed by atoms with Crippen LogP contribution >= 0.6 is 11.3 Å². The summed E-state index contributed by atoms with van der Waals surface area (Å²) in [5, 5.41) is 10.3. The first-order chi connectivity index (χ1) is 13.1. The van der Waals surface area contributed by atoms with E-state index in [1.54, 1.807) is 5.38 Å². The van der Waals surface area contributed by atoms with Crippen LogP contribution in [0, 0.1) is 6.92 Å². The number of nitrogens with zero attached hydrogens (tertiary/aromatic N) is 1. The maximum absolute atomic E-state index is 12.1. The highest BCUT2D eigenvalue weighted by Gasteiger charge is 2.12. The van der Waals surface area contributed by atoms with Crippen molar-refractivity contribution in [2.45, 2.75) is 52.4 Å². The summed E-state index contributed by atoms with van der Waals surface area (Å²) in [6, 6.07) is 7.12. The summed E-state index contributed by atoms with van der Waals surface area (Å²) < 4.78 is 0. The van der Waals surface area contributed by atoms with Gasteiger partial charge in [-0.3, -0.25) is 10.1 Å². The van der Waals surface area contributed by atoms with E-state index in [2.05, 4.69) is 27.9 Å². The number of carbonyl (C=O) groups is 2. The molecule has 1 aromatic carbocycles.